The van der Waals surface area contributed by atoms with Crippen molar-refractivity contribution in [1.29, 1.82) is 0 Å². The van der Waals surface area contributed by atoms with Gasteiger partial charge in [0.05, 0.1) is 6.61 Å². The number of nitrogens with zero attached hydrogens (tertiary/aromatic N) is 1. The molecule has 0 aliphatic carbocycles. The van der Waals surface area contributed by atoms with Crippen molar-refractivity contribution in [2.45, 2.75) is 51.6 Å². The van der Waals surface area contributed by atoms with Crippen LogP contribution in [0.1, 0.15) is 39.5 Å². The minimum atomic E-state index is 0.637. The summed E-state index contributed by atoms with van der Waals surface area (Å²) in [7, 11) is 0. The Labute approximate surface area is 106 Å². The molecule has 100 valence electrons. The van der Waals surface area contributed by atoms with Crippen molar-refractivity contribution in [2.75, 3.05) is 32.8 Å². The van der Waals surface area contributed by atoms with E-state index in [1.54, 1.807) is 0 Å². The fourth-order valence-electron chi connectivity index (χ4n) is 3.10. The maximum Gasteiger partial charge on any atom is 0.0510 e. The van der Waals surface area contributed by atoms with Crippen molar-refractivity contribution >= 4 is 0 Å². The first-order chi connectivity index (χ1) is 8.31. The molecule has 2 saturated heterocycles. The Morgan fingerprint density at radius 1 is 1.41 bits per heavy atom. The van der Waals surface area contributed by atoms with Gasteiger partial charge in [-0.15, -0.1) is 0 Å². The highest BCUT2D eigenvalue weighted by molar-refractivity contribution is 4.86. The summed E-state index contributed by atoms with van der Waals surface area (Å²) in [6.07, 6.45) is 5.22. The molecule has 0 saturated carbocycles. The lowest BCUT2D eigenvalue weighted by Crippen LogP contribution is -2.47. The Hall–Kier alpha value is -0.120. The van der Waals surface area contributed by atoms with E-state index >= 15 is 0 Å². The van der Waals surface area contributed by atoms with Crippen LogP contribution in [0.4, 0.5) is 0 Å². The largest absolute Gasteiger partial charge is 0.381 e. The standard InChI is InChI=1S/C14H28N2O/c1-3-7-15-14(13-6-9-17-11-13)10-16-8-4-5-12(16)2/h12-15H,3-11H2,1-2H3. The molecule has 2 aliphatic heterocycles. The summed E-state index contributed by atoms with van der Waals surface area (Å²) in [6, 6.07) is 1.42. The van der Waals surface area contributed by atoms with Gasteiger partial charge < -0.3 is 10.1 Å². The summed E-state index contributed by atoms with van der Waals surface area (Å²) < 4.78 is 5.55. The average molecular weight is 240 g/mol. The van der Waals surface area contributed by atoms with Gasteiger partial charge in [0.1, 0.15) is 0 Å². The van der Waals surface area contributed by atoms with Crippen LogP contribution in [0.15, 0.2) is 0 Å². The van der Waals surface area contributed by atoms with Crippen molar-refractivity contribution in [1.82, 2.24) is 10.2 Å². The average Bonchev–Trinajstić information content (AvgIpc) is 2.96. The molecule has 0 aromatic carbocycles. The van der Waals surface area contributed by atoms with E-state index < -0.39 is 0 Å². The molecule has 0 bridgehead atoms. The summed E-state index contributed by atoms with van der Waals surface area (Å²) in [5.41, 5.74) is 0. The molecule has 0 aromatic heterocycles. The van der Waals surface area contributed by atoms with Crippen LogP contribution in [-0.4, -0.2) is 49.8 Å². The molecule has 3 atom stereocenters. The van der Waals surface area contributed by atoms with E-state index in [0.29, 0.717) is 6.04 Å². The fraction of sp³-hybridized carbons (Fsp3) is 1.00. The van der Waals surface area contributed by atoms with Crippen LogP contribution >= 0.6 is 0 Å². The van der Waals surface area contributed by atoms with E-state index in [9.17, 15) is 0 Å². The first-order valence-corrected chi connectivity index (χ1v) is 7.36. The van der Waals surface area contributed by atoms with Gasteiger partial charge in [-0.05, 0) is 45.7 Å². The van der Waals surface area contributed by atoms with Crippen LogP contribution < -0.4 is 5.32 Å². The molecule has 2 fully saturated rings. The highest BCUT2D eigenvalue weighted by atomic mass is 16.5. The predicted molar refractivity (Wildman–Crippen MR) is 71.3 cm³/mol. The molecule has 3 heteroatoms. The number of hydrogen-bond donors (Lipinski definition) is 1. The second-order valence-corrected chi connectivity index (χ2v) is 5.67. The lowest BCUT2D eigenvalue weighted by molar-refractivity contribution is 0.159. The minimum absolute atomic E-state index is 0.637. The molecule has 17 heavy (non-hydrogen) atoms. The molecule has 0 radical (unpaired) electrons. The van der Waals surface area contributed by atoms with E-state index in [1.807, 2.05) is 0 Å². The van der Waals surface area contributed by atoms with E-state index in [-0.39, 0.29) is 0 Å². The molecule has 1 N–H and O–H groups in total. The van der Waals surface area contributed by atoms with Gasteiger partial charge in [-0.25, -0.2) is 0 Å². The quantitative estimate of drug-likeness (QED) is 0.767. The smallest absolute Gasteiger partial charge is 0.0510 e. The molecule has 3 nitrogen and oxygen atoms in total. The monoisotopic (exact) mass is 240 g/mol. The van der Waals surface area contributed by atoms with Crippen LogP contribution in [0.2, 0.25) is 0 Å². The summed E-state index contributed by atoms with van der Waals surface area (Å²) in [5, 5.41) is 3.74. The van der Waals surface area contributed by atoms with Crippen LogP contribution in [-0.2, 0) is 4.74 Å². The van der Waals surface area contributed by atoms with Crippen molar-refractivity contribution in [3.63, 3.8) is 0 Å². The van der Waals surface area contributed by atoms with Gasteiger partial charge in [0.15, 0.2) is 0 Å². The fourth-order valence-corrected chi connectivity index (χ4v) is 3.10. The zero-order chi connectivity index (χ0) is 12.1. The molecular weight excluding hydrogens is 212 g/mol. The van der Waals surface area contributed by atoms with Crippen LogP contribution in [0, 0.1) is 5.92 Å². The summed E-state index contributed by atoms with van der Waals surface area (Å²) in [5.74, 6) is 0.731. The maximum absolute atomic E-state index is 5.55. The zero-order valence-corrected chi connectivity index (χ0v) is 11.5. The SMILES string of the molecule is CCCNC(CN1CCCC1C)C1CCOC1. The predicted octanol–water partition coefficient (Wildman–Crippen LogP) is 1.88. The van der Waals surface area contributed by atoms with Crippen LogP contribution in [0.5, 0.6) is 0 Å². The molecular formula is C14H28N2O. The highest BCUT2D eigenvalue weighted by Gasteiger charge is 2.29. The Morgan fingerprint density at radius 2 is 2.29 bits per heavy atom. The van der Waals surface area contributed by atoms with Crippen molar-refractivity contribution in [2.24, 2.45) is 5.92 Å². The first-order valence-electron chi connectivity index (χ1n) is 7.36. The number of hydrogen-bond acceptors (Lipinski definition) is 3. The van der Waals surface area contributed by atoms with E-state index in [0.717, 1.165) is 31.7 Å². The lowest BCUT2D eigenvalue weighted by atomic mass is 9.98. The summed E-state index contributed by atoms with van der Waals surface area (Å²) in [4.78, 5) is 2.66. The van der Waals surface area contributed by atoms with Gasteiger partial charge in [-0.2, -0.15) is 0 Å². The van der Waals surface area contributed by atoms with Crippen molar-refractivity contribution < 1.29 is 4.74 Å². The molecule has 0 spiro atoms. The topological polar surface area (TPSA) is 24.5 Å². The highest BCUT2D eigenvalue weighted by Crippen LogP contribution is 2.22. The Morgan fingerprint density at radius 3 is 2.88 bits per heavy atom. The second-order valence-electron chi connectivity index (χ2n) is 5.67. The Kier molecular flexibility index (Phi) is 5.26. The third-order valence-electron chi connectivity index (χ3n) is 4.31. The van der Waals surface area contributed by atoms with E-state index in [2.05, 4.69) is 24.1 Å². The maximum atomic E-state index is 5.55. The van der Waals surface area contributed by atoms with Crippen molar-refractivity contribution in [3.8, 4) is 0 Å². The summed E-state index contributed by atoms with van der Waals surface area (Å²) in [6.45, 7) is 10.2. The molecule has 2 aliphatic rings. The first kappa shape index (κ1) is 13.3. The molecule has 0 aromatic rings. The van der Waals surface area contributed by atoms with Gasteiger partial charge >= 0.3 is 0 Å². The third kappa shape index (κ3) is 3.67. The minimum Gasteiger partial charge on any atom is -0.381 e. The number of ether oxygens (including phenoxy) is 1. The third-order valence-corrected chi connectivity index (χ3v) is 4.31. The number of rotatable bonds is 6. The van der Waals surface area contributed by atoms with Gasteiger partial charge in [-0.1, -0.05) is 6.92 Å². The van der Waals surface area contributed by atoms with Gasteiger partial charge in [0.2, 0.25) is 0 Å². The lowest BCUT2D eigenvalue weighted by Gasteiger charge is -2.31. The second kappa shape index (κ2) is 6.72. The molecule has 2 rings (SSSR count). The molecule has 2 heterocycles. The van der Waals surface area contributed by atoms with Crippen LogP contribution in [0.25, 0.3) is 0 Å². The van der Waals surface area contributed by atoms with Crippen LogP contribution in [0.3, 0.4) is 0 Å². The summed E-state index contributed by atoms with van der Waals surface area (Å²) >= 11 is 0. The Bertz CT molecular complexity index is 216. The number of nitrogens with one attached hydrogen (secondary N) is 1. The van der Waals surface area contributed by atoms with Crippen molar-refractivity contribution in [3.05, 3.63) is 0 Å². The van der Waals surface area contributed by atoms with Gasteiger partial charge in [0.25, 0.3) is 0 Å². The number of likely N-dealkylation sites (tertiary alicyclic amines) is 1. The molecule has 3 unspecified atom stereocenters. The van der Waals surface area contributed by atoms with Gasteiger partial charge in [0, 0.05) is 31.2 Å². The van der Waals surface area contributed by atoms with E-state index in [1.165, 1.54) is 38.8 Å². The Balaban J connectivity index is 1.85. The van der Waals surface area contributed by atoms with E-state index in [4.69, 9.17) is 4.74 Å². The molecule has 0 amide bonds. The zero-order valence-electron chi connectivity index (χ0n) is 11.5. The van der Waals surface area contributed by atoms with Gasteiger partial charge in [-0.3, -0.25) is 4.90 Å². The normalized spacial score (nSPS) is 32.1.